The number of anilines is 1. The van der Waals surface area contributed by atoms with Crippen molar-refractivity contribution in [3.05, 3.63) is 58.1 Å². The third kappa shape index (κ3) is 3.77. The minimum atomic E-state index is -0.386. The summed E-state index contributed by atoms with van der Waals surface area (Å²) in [6.45, 7) is 3.98. The third-order valence-electron chi connectivity index (χ3n) is 3.86. The minimum absolute atomic E-state index is 0.204. The van der Waals surface area contributed by atoms with Gasteiger partial charge in [0.25, 0.3) is 0 Å². The number of fused-ring (bicyclic) bond motifs is 1. The molecule has 1 aliphatic heterocycles. The van der Waals surface area contributed by atoms with Gasteiger partial charge in [-0.1, -0.05) is 35.3 Å². The summed E-state index contributed by atoms with van der Waals surface area (Å²) in [6.07, 6.45) is 0.635. The number of hydrogen-bond donors (Lipinski definition) is 2. The van der Waals surface area contributed by atoms with Crippen LogP contribution in [-0.2, 0) is 0 Å². The van der Waals surface area contributed by atoms with Crippen molar-refractivity contribution >= 4 is 34.9 Å². The predicted molar refractivity (Wildman–Crippen MR) is 97.1 cm³/mol. The van der Waals surface area contributed by atoms with Crippen molar-refractivity contribution in [2.45, 2.75) is 31.9 Å². The standard InChI is InChI=1S/C18H18Cl2N2O2/c1-18(2)10-15(12-9-11(19)7-8-16(12)24-18)22-17(23)21-14-6-4-3-5-13(14)20/h3-9,15H,10H2,1-2H3,(H2,21,22,23). The Hall–Kier alpha value is -1.91. The highest BCUT2D eigenvalue weighted by molar-refractivity contribution is 6.33. The molecule has 3 rings (SSSR count). The molecule has 0 fully saturated rings. The van der Waals surface area contributed by atoms with E-state index in [9.17, 15) is 4.79 Å². The van der Waals surface area contributed by atoms with E-state index in [-0.39, 0.29) is 17.7 Å². The first kappa shape index (κ1) is 16.9. The summed E-state index contributed by atoms with van der Waals surface area (Å²) >= 11 is 12.2. The lowest BCUT2D eigenvalue weighted by Gasteiger charge is -2.38. The molecule has 4 nitrogen and oxygen atoms in total. The monoisotopic (exact) mass is 364 g/mol. The zero-order chi connectivity index (χ0) is 17.3. The molecule has 0 aromatic heterocycles. The largest absolute Gasteiger partial charge is 0.487 e. The molecule has 0 bridgehead atoms. The molecule has 2 N–H and O–H groups in total. The highest BCUT2D eigenvalue weighted by Crippen LogP contribution is 2.40. The minimum Gasteiger partial charge on any atom is -0.487 e. The van der Waals surface area contributed by atoms with Gasteiger partial charge in [0.05, 0.1) is 16.8 Å². The van der Waals surface area contributed by atoms with Gasteiger partial charge in [-0.2, -0.15) is 0 Å². The fraction of sp³-hybridized carbons (Fsp3) is 0.278. The van der Waals surface area contributed by atoms with E-state index >= 15 is 0 Å². The van der Waals surface area contributed by atoms with Gasteiger partial charge >= 0.3 is 6.03 Å². The maximum Gasteiger partial charge on any atom is 0.319 e. The van der Waals surface area contributed by atoms with E-state index in [4.69, 9.17) is 27.9 Å². The van der Waals surface area contributed by atoms with Crippen molar-refractivity contribution in [1.82, 2.24) is 5.32 Å². The van der Waals surface area contributed by atoms with Crippen molar-refractivity contribution in [2.75, 3.05) is 5.32 Å². The molecule has 0 aliphatic carbocycles. The van der Waals surface area contributed by atoms with Crippen LogP contribution in [0.2, 0.25) is 10.0 Å². The van der Waals surface area contributed by atoms with Crippen LogP contribution in [0, 0.1) is 0 Å². The molecular weight excluding hydrogens is 347 g/mol. The molecule has 1 heterocycles. The van der Waals surface area contributed by atoms with Gasteiger partial charge in [0.15, 0.2) is 0 Å². The van der Waals surface area contributed by atoms with Gasteiger partial charge in [-0.05, 0) is 44.2 Å². The number of para-hydroxylation sites is 1. The second kappa shape index (κ2) is 6.54. The number of benzene rings is 2. The Labute approximate surface area is 151 Å². The molecule has 1 atom stereocenters. The fourth-order valence-corrected chi connectivity index (χ4v) is 3.20. The lowest BCUT2D eigenvalue weighted by Crippen LogP contribution is -2.42. The van der Waals surface area contributed by atoms with Crippen LogP contribution in [0.1, 0.15) is 31.9 Å². The fourth-order valence-electron chi connectivity index (χ4n) is 2.83. The summed E-state index contributed by atoms with van der Waals surface area (Å²) < 4.78 is 5.97. The van der Waals surface area contributed by atoms with Crippen LogP contribution in [0.3, 0.4) is 0 Å². The quantitative estimate of drug-likeness (QED) is 0.747. The van der Waals surface area contributed by atoms with Crippen LogP contribution in [0.25, 0.3) is 0 Å². The summed E-state index contributed by atoms with van der Waals surface area (Å²) in [5, 5.41) is 6.86. The number of amides is 2. The molecule has 6 heteroatoms. The molecule has 0 saturated heterocycles. The van der Waals surface area contributed by atoms with Crippen LogP contribution in [-0.4, -0.2) is 11.6 Å². The van der Waals surface area contributed by atoms with E-state index in [0.717, 1.165) is 11.3 Å². The number of carbonyl (C=O) groups is 1. The number of rotatable bonds is 2. The Morgan fingerprint density at radius 2 is 1.96 bits per heavy atom. The maximum atomic E-state index is 12.4. The van der Waals surface area contributed by atoms with E-state index in [1.807, 2.05) is 38.1 Å². The van der Waals surface area contributed by atoms with E-state index < -0.39 is 0 Å². The number of urea groups is 1. The Bertz CT molecular complexity index is 777. The average molecular weight is 365 g/mol. The predicted octanol–water partition coefficient (Wildman–Crippen LogP) is 5.42. The molecular formula is C18H18Cl2N2O2. The van der Waals surface area contributed by atoms with E-state index in [0.29, 0.717) is 22.2 Å². The van der Waals surface area contributed by atoms with Gasteiger partial charge in [0.2, 0.25) is 0 Å². The molecule has 1 unspecified atom stereocenters. The van der Waals surface area contributed by atoms with E-state index in [2.05, 4.69) is 10.6 Å². The van der Waals surface area contributed by atoms with Crippen molar-refractivity contribution < 1.29 is 9.53 Å². The highest BCUT2D eigenvalue weighted by atomic mass is 35.5. The molecule has 126 valence electrons. The summed E-state index contributed by atoms with van der Waals surface area (Å²) in [5.41, 5.74) is 1.05. The smallest absolute Gasteiger partial charge is 0.319 e. The SMILES string of the molecule is CC1(C)CC(NC(=O)Nc2ccccc2Cl)c2cc(Cl)ccc2O1. The normalized spacial score (nSPS) is 18.2. The molecule has 24 heavy (non-hydrogen) atoms. The topological polar surface area (TPSA) is 50.4 Å². The van der Waals surface area contributed by atoms with Crippen LogP contribution in [0.4, 0.5) is 10.5 Å². The molecule has 2 aromatic carbocycles. The van der Waals surface area contributed by atoms with Crippen molar-refractivity contribution in [3.63, 3.8) is 0 Å². The first-order valence-electron chi connectivity index (χ1n) is 7.64. The average Bonchev–Trinajstić information content (AvgIpc) is 2.49. The Morgan fingerprint density at radius 1 is 1.21 bits per heavy atom. The number of nitrogens with one attached hydrogen (secondary N) is 2. The van der Waals surface area contributed by atoms with E-state index in [1.165, 1.54) is 0 Å². The lowest BCUT2D eigenvalue weighted by atomic mass is 9.90. The lowest BCUT2D eigenvalue weighted by molar-refractivity contribution is 0.0683. The molecule has 2 amide bonds. The van der Waals surface area contributed by atoms with Crippen LogP contribution in [0.5, 0.6) is 5.75 Å². The summed E-state index contributed by atoms with van der Waals surface area (Å²) in [5.74, 6) is 0.735. The van der Waals surface area contributed by atoms with Gasteiger partial charge in [-0.25, -0.2) is 4.79 Å². The summed E-state index contributed by atoms with van der Waals surface area (Å²) in [7, 11) is 0. The Morgan fingerprint density at radius 3 is 2.71 bits per heavy atom. The number of halogens is 2. The number of hydrogen-bond acceptors (Lipinski definition) is 2. The van der Waals surface area contributed by atoms with Crippen LogP contribution >= 0.6 is 23.2 Å². The van der Waals surface area contributed by atoms with Crippen molar-refractivity contribution in [1.29, 1.82) is 0 Å². The summed E-state index contributed by atoms with van der Waals surface area (Å²) in [6, 6.07) is 12.0. The molecule has 0 spiro atoms. The van der Waals surface area contributed by atoms with Gasteiger partial charge in [0, 0.05) is 17.0 Å². The highest BCUT2D eigenvalue weighted by Gasteiger charge is 2.34. The van der Waals surface area contributed by atoms with Crippen molar-refractivity contribution in [3.8, 4) is 5.75 Å². The molecule has 2 aromatic rings. The Balaban J connectivity index is 1.80. The van der Waals surface area contributed by atoms with E-state index in [1.54, 1.807) is 18.2 Å². The third-order valence-corrected chi connectivity index (χ3v) is 4.42. The first-order chi connectivity index (χ1) is 11.3. The maximum absolute atomic E-state index is 12.4. The molecule has 0 radical (unpaired) electrons. The second-order valence-corrected chi connectivity index (χ2v) is 7.22. The number of ether oxygens (including phenoxy) is 1. The van der Waals surface area contributed by atoms with Crippen LogP contribution in [0.15, 0.2) is 42.5 Å². The van der Waals surface area contributed by atoms with Gasteiger partial charge < -0.3 is 15.4 Å². The zero-order valence-electron chi connectivity index (χ0n) is 13.4. The van der Waals surface area contributed by atoms with Gasteiger partial charge in [-0.3, -0.25) is 0 Å². The van der Waals surface area contributed by atoms with Crippen LogP contribution < -0.4 is 15.4 Å². The second-order valence-electron chi connectivity index (χ2n) is 6.38. The Kier molecular flexibility index (Phi) is 4.61. The number of carbonyl (C=O) groups excluding carboxylic acids is 1. The zero-order valence-corrected chi connectivity index (χ0v) is 14.9. The van der Waals surface area contributed by atoms with Gasteiger partial charge in [-0.15, -0.1) is 0 Å². The summed E-state index contributed by atoms with van der Waals surface area (Å²) in [4.78, 5) is 12.4. The first-order valence-corrected chi connectivity index (χ1v) is 8.40. The van der Waals surface area contributed by atoms with Gasteiger partial charge in [0.1, 0.15) is 11.4 Å². The molecule has 0 saturated carbocycles. The van der Waals surface area contributed by atoms with Crippen molar-refractivity contribution in [2.24, 2.45) is 0 Å². The molecule has 1 aliphatic rings.